The molecule has 5 aliphatic heterocycles. The molecule has 50 heavy (non-hydrogen) atoms. The van der Waals surface area contributed by atoms with Crippen LogP contribution >= 0.6 is 0 Å². The molecule has 0 amide bonds. The topological polar surface area (TPSA) is 109 Å². The highest BCUT2D eigenvalue weighted by atomic mass is 19.1. The van der Waals surface area contributed by atoms with Crippen LogP contribution in [0.3, 0.4) is 0 Å². The third kappa shape index (κ3) is 4.08. The number of hydrogen-bond acceptors (Lipinski definition) is 9. The number of fused-ring (bicyclic) bond motifs is 9. The first kappa shape index (κ1) is 29.4. The van der Waals surface area contributed by atoms with Crippen molar-refractivity contribution in [3.05, 3.63) is 52.3 Å². The predicted molar refractivity (Wildman–Crippen MR) is 184 cm³/mol. The van der Waals surface area contributed by atoms with Gasteiger partial charge in [0.25, 0.3) is 5.56 Å². The summed E-state index contributed by atoms with van der Waals surface area (Å²) < 4.78 is 46.3. The van der Waals surface area contributed by atoms with Gasteiger partial charge in [0.2, 0.25) is 0 Å². The highest BCUT2D eigenvalue weighted by Gasteiger charge is 2.62. The maximum Gasteiger partial charge on any atom is 0.319 e. The molecule has 1 aliphatic carbocycles. The second-order valence-corrected chi connectivity index (χ2v) is 16.0. The Hall–Kier alpha value is -4.29. The number of ether oxygens (including phenoxy) is 1. The van der Waals surface area contributed by atoms with Crippen molar-refractivity contribution < 1.29 is 23.0 Å². The van der Waals surface area contributed by atoms with E-state index in [9.17, 15) is 14.3 Å². The highest BCUT2D eigenvalue weighted by molar-refractivity contribution is 6.14. The van der Waals surface area contributed by atoms with Crippen LogP contribution in [0.4, 0.5) is 14.6 Å². The van der Waals surface area contributed by atoms with Gasteiger partial charge in [-0.25, -0.2) is 8.78 Å². The van der Waals surface area contributed by atoms with Crippen molar-refractivity contribution in [1.29, 1.82) is 0 Å². The lowest BCUT2D eigenvalue weighted by Gasteiger charge is -2.41. The zero-order valence-electron chi connectivity index (χ0n) is 27.8. The maximum absolute atomic E-state index is 17.5. The number of phenols is 1. The van der Waals surface area contributed by atoms with Crippen LogP contribution < -0.4 is 20.5 Å². The summed E-state index contributed by atoms with van der Waals surface area (Å²) in [6, 6.07) is 9.17. The minimum atomic E-state index is -0.911. The van der Waals surface area contributed by atoms with E-state index in [0.717, 1.165) is 44.0 Å². The average Bonchev–Trinajstić information content (AvgIpc) is 3.28. The number of anilines is 1. The van der Waals surface area contributed by atoms with Crippen molar-refractivity contribution in [1.82, 2.24) is 24.8 Å². The Bertz CT molecular complexity index is 2350. The number of hydrogen-bond donors (Lipinski definition) is 2. The van der Waals surface area contributed by atoms with E-state index in [2.05, 4.69) is 15.1 Å². The molecule has 3 unspecified atom stereocenters. The standard InChI is InChI=1S/C38H38F2N6O4/c1-19-10-24-28(50-19)5-2-20-11-23(47)12-25(29(20)24)30-31(40)32-33-34(46-15-22-3-4-26(41-22)27(46)6-9-45(33)35(30)48)43-36(42-32)49-18-38-13-21(39)14-44(38)17-37(16-38)7-8-37/h2,5,10-12,21-22,26-27,41,47H,3-4,6-9,13-18H2,1H3/t21-,22?,26?,27?,38-/m1/s1. The molecule has 2 bridgehead atoms. The van der Waals surface area contributed by atoms with Gasteiger partial charge in [-0.05, 0) is 80.5 Å². The molecule has 5 fully saturated rings. The Morgan fingerprint density at radius 1 is 1.14 bits per heavy atom. The number of aromatic hydroxyl groups is 1. The zero-order valence-corrected chi connectivity index (χ0v) is 27.8. The van der Waals surface area contributed by atoms with E-state index in [-0.39, 0.29) is 58.6 Å². The molecule has 12 heteroatoms. The second kappa shape index (κ2) is 9.94. The van der Waals surface area contributed by atoms with E-state index in [1.54, 1.807) is 10.6 Å². The van der Waals surface area contributed by atoms with Crippen molar-refractivity contribution >= 4 is 38.6 Å². The van der Waals surface area contributed by atoms with Crippen LogP contribution in [-0.2, 0) is 6.54 Å². The number of pyridine rings is 1. The Labute approximate surface area is 286 Å². The van der Waals surface area contributed by atoms with Gasteiger partial charge in [-0.2, -0.15) is 9.97 Å². The maximum atomic E-state index is 17.5. The van der Waals surface area contributed by atoms with E-state index in [1.165, 1.54) is 6.07 Å². The van der Waals surface area contributed by atoms with Crippen molar-refractivity contribution in [2.45, 2.75) is 88.3 Å². The molecule has 258 valence electrons. The van der Waals surface area contributed by atoms with Gasteiger partial charge in [0, 0.05) is 67.1 Å². The summed E-state index contributed by atoms with van der Waals surface area (Å²) in [5.74, 6) is 0.334. The number of furan rings is 1. The average molecular weight is 681 g/mol. The highest BCUT2D eigenvalue weighted by Crippen LogP contribution is 2.61. The summed E-state index contributed by atoms with van der Waals surface area (Å²) in [5, 5.41) is 16.6. The van der Waals surface area contributed by atoms with Crippen LogP contribution in [-0.4, -0.2) is 80.6 Å². The minimum Gasteiger partial charge on any atom is -0.508 e. The molecule has 5 atom stereocenters. The van der Waals surface area contributed by atoms with Crippen LogP contribution in [0, 0.1) is 18.2 Å². The monoisotopic (exact) mass is 680 g/mol. The SMILES string of the molecule is Cc1cc2c(ccc3cc(O)cc(-c4c(F)c5nc(OC[C@]67C[C@@H](F)CN6CC6(CC6)C7)nc6c5n(c4=O)CCC4C5CCC(CN64)N5)c32)o1. The number of halogens is 2. The van der Waals surface area contributed by atoms with E-state index >= 15 is 4.39 Å². The Morgan fingerprint density at radius 2 is 2.02 bits per heavy atom. The summed E-state index contributed by atoms with van der Waals surface area (Å²) in [6.45, 7) is 4.40. The Kier molecular flexibility index (Phi) is 5.85. The molecule has 8 heterocycles. The van der Waals surface area contributed by atoms with Crippen molar-refractivity contribution in [2.75, 3.05) is 31.1 Å². The van der Waals surface area contributed by atoms with E-state index in [4.69, 9.17) is 19.1 Å². The third-order valence-corrected chi connectivity index (χ3v) is 12.8. The minimum absolute atomic E-state index is 0.00685. The molecule has 3 aromatic heterocycles. The van der Waals surface area contributed by atoms with Crippen LogP contribution in [0.2, 0.25) is 0 Å². The Morgan fingerprint density at radius 3 is 2.88 bits per heavy atom. The number of alkyl halides is 1. The first-order chi connectivity index (χ1) is 24.2. The first-order valence-corrected chi connectivity index (χ1v) is 18.0. The van der Waals surface area contributed by atoms with Gasteiger partial charge in [0.15, 0.2) is 11.6 Å². The van der Waals surface area contributed by atoms with E-state index in [0.29, 0.717) is 65.9 Å². The smallest absolute Gasteiger partial charge is 0.319 e. The fourth-order valence-corrected chi connectivity index (χ4v) is 10.6. The van der Waals surface area contributed by atoms with Gasteiger partial charge in [0.05, 0.1) is 11.1 Å². The lowest BCUT2D eigenvalue weighted by atomic mass is 9.89. The normalized spacial score (nSPS) is 29.3. The van der Waals surface area contributed by atoms with Crippen molar-refractivity contribution in [2.24, 2.45) is 5.41 Å². The zero-order chi connectivity index (χ0) is 33.7. The Balaban J connectivity index is 1.13. The molecule has 11 rings (SSSR count). The molecule has 2 N–H and O–H groups in total. The van der Waals surface area contributed by atoms with Gasteiger partial charge >= 0.3 is 6.01 Å². The summed E-state index contributed by atoms with van der Waals surface area (Å²) >= 11 is 0. The third-order valence-electron chi connectivity index (χ3n) is 12.8. The number of nitrogens with zero attached hydrogens (tertiary/aromatic N) is 5. The van der Waals surface area contributed by atoms with Crippen LogP contribution in [0.1, 0.15) is 50.7 Å². The molecular formula is C38H38F2N6O4. The first-order valence-electron chi connectivity index (χ1n) is 18.0. The number of rotatable bonds is 4. The number of aryl methyl sites for hydroxylation is 2. The molecule has 1 saturated carbocycles. The van der Waals surface area contributed by atoms with Gasteiger partial charge in [-0.3, -0.25) is 9.69 Å². The molecule has 6 aliphatic rings. The van der Waals surface area contributed by atoms with Crippen molar-refractivity contribution in [3.63, 3.8) is 0 Å². The number of nitrogens with one attached hydrogen (secondary N) is 1. The molecule has 10 nitrogen and oxygen atoms in total. The summed E-state index contributed by atoms with van der Waals surface area (Å²) in [4.78, 5) is 28.9. The van der Waals surface area contributed by atoms with Crippen LogP contribution in [0.25, 0.3) is 43.9 Å². The lowest BCUT2D eigenvalue weighted by Crippen LogP contribution is -2.58. The molecular weight excluding hydrogens is 642 g/mol. The molecule has 4 saturated heterocycles. The van der Waals surface area contributed by atoms with Crippen LogP contribution in [0.15, 0.2) is 39.5 Å². The molecule has 0 radical (unpaired) electrons. The summed E-state index contributed by atoms with van der Waals surface area (Å²) in [7, 11) is 0. The number of benzene rings is 2. The molecule has 1 spiro atoms. The molecule has 5 aromatic rings. The van der Waals surface area contributed by atoms with Gasteiger partial charge < -0.3 is 29.0 Å². The summed E-state index contributed by atoms with van der Waals surface area (Å²) in [5.41, 5.74) is 0.423. The van der Waals surface area contributed by atoms with Crippen LogP contribution in [0.5, 0.6) is 11.8 Å². The fraction of sp³-hybridized carbons (Fsp3) is 0.500. The lowest BCUT2D eigenvalue weighted by molar-refractivity contribution is 0.107. The second-order valence-electron chi connectivity index (χ2n) is 16.0. The van der Waals surface area contributed by atoms with Crippen molar-refractivity contribution in [3.8, 4) is 22.9 Å². The quantitative estimate of drug-likeness (QED) is 0.252. The van der Waals surface area contributed by atoms with Gasteiger partial charge in [0.1, 0.15) is 40.9 Å². The largest absolute Gasteiger partial charge is 0.508 e. The summed E-state index contributed by atoms with van der Waals surface area (Å²) in [6.07, 6.45) is 5.43. The number of aromatic nitrogens is 3. The number of phenolic OH excluding ortho intramolecular Hbond substituents is 1. The molecule has 2 aromatic carbocycles. The van der Waals surface area contributed by atoms with E-state index in [1.807, 2.05) is 25.1 Å². The predicted octanol–water partition coefficient (Wildman–Crippen LogP) is 5.57. The number of piperazine rings is 1. The van der Waals surface area contributed by atoms with Gasteiger partial charge in [-0.15, -0.1) is 0 Å². The fourth-order valence-electron chi connectivity index (χ4n) is 10.6. The van der Waals surface area contributed by atoms with E-state index < -0.39 is 23.1 Å². The van der Waals surface area contributed by atoms with Gasteiger partial charge in [-0.1, -0.05) is 6.07 Å².